The second kappa shape index (κ2) is 7.22. The Bertz CT molecular complexity index is 322. The van der Waals surface area contributed by atoms with Gasteiger partial charge in [-0.05, 0) is 19.9 Å². The van der Waals surface area contributed by atoms with Crippen LogP contribution in [0.3, 0.4) is 0 Å². The molecule has 0 saturated heterocycles. The van der Waals surface area contributed by atoms with Gasteiger partial charge in [0.2, 0.25) is 0 Å². The monoisotopic (exact) mass is 237 g/mol. The molecule has 1 aromatic rings. The minimum absolute atomic E-state index is 0.588. The molecule has 0 aliphatic carbocycles. The first-order chi connectivity index (χ1) is 7.81. The van der Waals surface area contributed by atoms with Crippen molar-refractivity contribution >= 4 is 15.6 Å². The van der Waals surface area contributed by atoms with E-state index in [0.29, 0.717) is 13.2 Å². The molecule has 0 heterocycles. The van der Waals surface area contributed by atoms with Gasteiger partial charge in [-0.3, -0.25) is 0 Å². The molecular formula is C12H17O3Si. The second-order valence-corrected chi connectivity index (χ2v) is 4.24. The van der Waals surface area contributed by atoms with Crippen molar-refractivity contribution in [3.05, 3.63) is 36.4 Å². The molecule has 0 spiro atoms. The highest BCUT2D eigenvalue weighted by Crippen LogP contribution is 2.19. The van der Waals surface area contributed by atoms with Crippen molar-refractivity contribution in [1.29, 1.82) is 0 Å². The molecule has 0 unspecified atom stereocenters. The second-order valence-electron chi connectivity index (χ2n) is 2.96. The maximum Gasteiger partial charge on any atom is 0.656 e. The van der Waals surface area contributed by atoms with Gasteiger partial charge in [-0.1, -0.05) is 30.9 Å². The fraction of sp³-hybridized carbons (Fsp3) is 0.333. The Morgan fingerprint density at radius 2 is 1.81 bits per heavy atom. The summed E-state index contributed by atoms with van der Waals surface area (Å²) in [6.45, 7) is 8.76. The number of hydrogen-bond acceptors (Lipinski definition) is 3. The van der Waals surface area contributed by atoms with E-state index in [0.717, 1.165) is 11.3 Å². The van der Waals surface area contributed by atoms with Crippen LogP contribution >= 0.6 is 0 Å². The van der Waals surface area contributed by atoms with Crippen molar-refractivity contribution in [3.63, 3.8) is 0 Å². The average Bonchev–Trinajstić information content (AvgIpc) is 2.30. The predicted molar refractivity (Wildman–Crippen MR) is 66.2 cm³/mol. The van der Waals surface area contributed by atoms with E-state index in [9.17, 15) is 0 Å². The van der Waals surface area contributed by atoms with Crippen LogP contribution in [-0.2, 0) is 8.85 Å². The fourth-order valence-electron chi connectivity index (χ4n) is 1.17. The Hall–Kier alpha value is -1.10. The standard InChI is InChI=1S/C12H17O3Si/c1-4-11-9-7-8-10-12(11)15-16(13-5-2)14-6-3/h4,7-10H,1,5-6H2,2-3H3. The van der Waals surface area contributed by atoms with Crippen LogP contribution in [0, 0.1) is 0 Å². The van der Waals surface area contributed by atoms with Gasteiger partial charge in [-0.25, -0.2) is 0 Å². The lowest BCUT2D eigenvalue weighted by Gasteiger charge is -2.15. The molecule has 0 aliphatic heterocycles. The smallest absolute Gasteiger partial charge is 0.497 e. The van der Waals surface area contributed by atoms with Crippen molar-refractivity contribution in [2.75, 3.05) is 13.2 Å². The molecule has 0 aliphatic rings. The van der Waals surface area contributed by atoms with Crippen LogP contribution in [0.15, 0.2) is 30.8 Å². The van der Waals surface area contributed by atoms with Gasteiger partial charge in [0.15, 0.2) is 0 Å². The van der Waals surface area contributed by atoms with Gasteiger partial charge in [0.05, 0.1) is 0 Å². The van der Waals surface area contributed by atoms with Crippen molar-refractivity contribution < 1.29 is 13.3 Å². The average molecular weight is 237 g/mol. The predicted octanol–water partition coefficient (Wildman–Crippen LogP) is 2.77. The van der Waals surface area contributed by atoms with Crippen LogP contribution in [-0.4, -0.2) is 22.7 Å². The highest BCUT2D eigenvalue weighted by molar-refractivity contribution is 6.37. The summed E-state index contributed by atoms with van der Waals surface area (Å²) in [5.41, 5.74) is 0.949. The normalized spacial score (nSPS) is 10.4. The molecule has 0 atom stereocenters. The Labute approximate surface area is 98.6 Å². The highest BCUT2D eigenvalue weighted by Gasteiger charge is 2.21. The topological polar surface area (TPSA) is 27.7 Å². The summed E-state index contributed by atoms with van der Waals surface area (Å²) in [6, 6.07) is 7.69. The number of hydrogen-bond donors (Lipinski definition) is 0. The van der Waals surface area contributed by atoms with E-state index in [-0.39, 0.29) is 0 Å². The maximum absolute atomic E-state index is 5.70. The largest absolute Gasteiger partial charge is 0.656 e. The summed E-state index contributed by atoms with van der Waals surface area (Å²) >= 11 is 0. The summed E-state index contributed by atoms with van der Waals surface area (Å²) in [5.74, 6) is 0.758. The lowest BCUT2D eigenvalue weighted by Crippen LogP contribution is -2.30. The first-order valence-electron chi connectivity index (χ1n) is 5.33. The number of para-hydroxylation sites is 1. The Morgan fingerprint density at radius 1 is 1.19 bits per heavy atom. The zero-order valence-corrected chi connectivity index (χ0v) is 10.7. The molecule has 0 aromatic heterocycles. The summed E-state index contributed by atoms with van der Waals surface area (Å²) < 4.78 is 16.5. The Morgan fingerprint density at radius 3 is 2.38 bits per heavy atom. The van der Waals surface area contributed by atoms with Gasteiger partial charge in [-0.2, -0.15) is 0 Å². The third kappa shape index (κ3) is 3.81. The van der Waals surface area contributed by atoms with Crippen LogP contribution in [0.5, 0.6) is 5.75 Å². The van der Waals surface area contributed by atoms with E-state index >= 15 is 0 Å². The van der Waals surface area contributed by atoms with E-state index in [2.05, 4.69) is 6.58 Å². The SMILES string of the molecule is C=Cc1ccccc1O[Si](OCC)OCC. The molecule has 1 radical (unpaired) electrons. The Kier molecular flexibility index (Phi) is 5.85. The van der Waals surface area contributed by atoms with E-state index < -0.39 is 9.53 Å². The van der Waals surface area contributed by atoms with E-state index in [1.54, 1.807) is 6.08 Å². The quantitative estimate of drug-likeness (QED) is 0.682. The Balaban J connectivity index is 2.71. The zero-order valence-electron chi connectivity index (χ0n) is 9.73. The molecule has 0 N–H and O–H groups in total. The van der Waals surface area contributed by atoms with E-state index in [1.807, 2.05) is 38.1 Å². The van der Waals surface area contributed by atoms with Crippen LogP contribution < -0.4 is 4.43 Å². The van der Waals surface area contributed by atoms with Crippen molar-refractivity contribution in [2.24, 2.45) is 0 Å². The molecule has 0 saturated carbocycles. The molecule has 0 bridgehead atoms. The highest BCUT2D eigenvalue weighted by atomic mass is 28.3. The fourth-order valence-corrected chi connectivity index (χ4v) is 2.21. The molecular weight excluding hydrogens is 220 g/mol. The zero-order chi connectivity index (χ0) is 11.8. The van der Waals surface area contributed by atoms with Crippen molar-refractivity contribution in [1.82, 2.24) is 0 Å². The van der Waals surface area contributed by atoms with Gasteiger partial charge in [0.25, 0.3) is 0 Å². The van der Waals surface area contributed by atoms with Crippen LogP contribution in [0.2, 0.25) is 0 Å². The van der Waals surface area contributed by atoms with Crippen LogP contribution in [0.25, 0.3) is 6.08 Å². The van der Waals surface area contributed by atoms with Gasteiger partial charge in [-0.15, -0.1) is 0 Å². The molecule has 4 heteroatoms. The summed E-state index contributed by atoms with van der Waals surface area (Å²) in [6.07, 6.45) is 1.76. The van der Waals surface area contributed by atoms with E-state index in [4.69, 9.17) is 13.3 Å². The summed E-state index contributed by atoms with van der Waals surface area (Å²) in [5, 5.41) is 0. The molecule has 0 amide bonds. The minimum atomic E-state index is -1.68. The number of benzene rings is 1. The molecule has 16 heavy (non-hydrogen) atoms. The number of rotatable bonds is 7. The van der Waals surface area contributed by atoms with Crippen molar-refractivity contribution in [3.8, 4) is 5.75 Å². The summed E-state index contributed by atoms with van der Waals surface area (Å²) in [4.78, 5) is 0. The molecule has 1 rings (SSSR count). The molecule has 0 fully saturated rings. The van der Waals surface area contributed by atoms with Crippen molar-refractivity contribution in [2.45, 2.75) is 13.8 Å². The lowest BCUT2D eigenvalue weighted by atomic mass is 10.2. The molecule has 87 valence electrons. The van der Waals surface area contributed by atoms with Gasteiger partial charge >= 0.3 is 9.53 Å². The maximum atomic E-state index is 5.70. The van der Waals surface area contributed by atoms with Gasteiger partial charge < -0.3 is 13.3 Å². The van der Waals surface area contributed by atoms with Gasteiger partial charge in [0.1, 0.15) is 5.75 Å². The third-order valence-corrected chi connectivity index (χ3v) is 3.29. The van der Waals surface area contributed by atoms with E-state index in [1.165, 1.54) is 0 Å². The molecule has 3 nitrogen and oxygen atoms in total. The lowest BCUT2D eigenvalue weighted by molar-refractivity contribution is 0.153. The first kappa shape index (κ1) is 13.0. The molecule has 1 aromatic carbocycles. The summed E-state index contributed by atoms with van der Waals surface area (Å²) in [7, 11) is -1.68. The first-order valence-corrected chi connectivity index (χ1v) is 6.56. The van der Waals surface area contributed by atoms with Gasteiger partial charge in [0, 0.05) is 18.8 Å². The van der Waals surface area contributed by atoms with Crippen LogP contribution in [0.1, 0.15) is 19.4 Å². The minimum Gasteiger partial charge on any atom is -0.497 e. The third-order valence-electron chi connectivity index (χ3n) is 1.86. The van der Waals surface area contributed by atoms with Crippen LogP contribution in [0.4, 0.5) is 0 Å².